The maximum Gasteiger partial charge on any atom is 0.0873 e. The van der Waals surface area contributed by atoms with Crippen LogP contribution in [0.5, 0.6) is 0 Å². The summed E-state index contributed by atoms with van der Waals surface area (Å²) in [7, 11) is 1.96. The SMILES string of the molecule is Cc1ccc(C2=CCON(C)C2)cc1. The van der Waals surface area contributed by atoms with Gasteiger partial charge in [0, 0.05) is 13.6 Å². The van der Waals surface area contributed by atoms with E-state index in [0.717, 1.165) is 6.54 Å². The summed E-state index contributed by atoms with van der Waals surface area (Å²) < 4.78 is 0. The topological polar surface area (TPSA) is 12.5 Å². The van der Waals surface area contributed by atoms with Gasteiger partial charge in [0.05, 0.1) is 6.61 Å². The molecule has 0 unspecified atom stereocenters. The Morgan fingerprint density at radius 3 is 2.57 bits per heavy atom. The van der Waals surface area contributed by atoms with Crippen LogP contribution in [0.1, 0.15) is 11.1 Å². The van der Waals surface area contributed by atoms with Gasteiger partial charge < -0.3 is 0 Å². The minimum absolute atomic E-state index is 0.680. The van der Waals surface area contributed by atoms with Crippen molar-refractivity contribution in [3.05, 3.63) is 41.5 Å². The molecule has 0 aromatic heterocycles. The van der Waals surface area contributed by atoms with Crippen molar-refractivity contribution in [2.24, 2.45) is 0 Å². The summed E-state index contributed by atoms with van der Waals surface area (Å²) in [6.45, 7) is 3.65. The minimum atomic E-state index is 0.680. The Morgan fingerprint density at radius 1 is 1.21 bits per heavy atom. The third kappa shape index (κ3) is 2.03. The second kappa shape index (κ2) is 3.95. The summed E-state index contributed by atoms with van der Waals surface area (Å²) >= 11 is 0. The van der Waals surface area contributed by atoms with Crippen LogP contribution in [-0.2, 0) is 4.84 Å². The van der Waals surface area contributed by atoms with E-state index in [4.69, 9.17) is 4.84 Å². The maximum atomic E-state index is 5.31. The van der Waals surface area contributed by atoms with Gasteiger partial charge in [-0.2, -0.15) is 5.06 Å². The van der Waals surface area contributed by atoms with E-state index < -0.39 is 0 Å². The lowest BCUT2D eigenvalue weighted by molar-refractivity contribution is -0.122. The number of benzene rings is 1. The summed E-state index contributed by atoms with van der Waals surface area (Å²) in [6.07, 6.45) is 2.14. The number of aryl methyl sites for hydroxylation is 1. The van der Waals surface area contributed by atoms with Crippen LogP contribution in [0.4, 0.5) is 0 Å². The predicted octanol–water partition coefficient (Wildman–Crippen LogP) is 2.26. The number of hydrogen-bond donors (Lipinski definition) is 0. The highest BCUT2D eigenvalue weighted by Crippen LogP contribution is 2.18. The standard InChI is InChI=1S/C12H15NO/c1-10-3-5-11(6-4-10)12-7-8-14-13(2)9-12/h3-7H,8-9H2,1-2H3. The molecule has 0 saturated carbocycles. The van der Waals surface area contributed by atoms with Gasteiger partial charge in [0.2, 0.25) is 0 Å². The average Bonchev–Trinajstić information content (AvgIpc) is 2.19. The highest BCUT2D eigenvalue weighted by molar-refractivity contribution is 5.67. The molecular weight excluding hydrogens is 174 g/mol. The Kier molecular flexibility index (Phi) is 2.66. The van der Waals surface area contributed by atoms with Crippen LogP contribution in [-0.4, -0.2) is 25.3 Å². The van der Waals surface area contributed by atoms with Gasteiger partial charge in [-0.05, 0) is 18.1 Å². The lowest BCUT2D eigenvalue weighted by Crippen LogP contribution is -2.25. The van der Waals surface area contributed by atoms with E-state index in [1.54, 1.807) is 0 Å². The molecule has 1 aliphatic rings. The molecule has 1 heterocycles. The number of rotatable bonds is 1. The summed E-state index contributed by atoms with van der Waals surface area (Å²) in [5.74, 6) is 0. The number of nitrogens with zero attached hydrogens (tertiary/aromatic N) is 1. The maximum absolute atomic E-state index is 5.31. The van der Waals surface area contributed by atoms with Gasteiger partial charge in [-0.15, -0.1) is 0 Å². The summed E-state index contributed by atoms with van der Waals surface area (Å²) in [4.78, 5) is 5.31. The molecule has 0 atom stereocenters. The monoisotopic (exact) mass is 189 g/mol. The van der Waals surface area contributed by atoms with Gasteiger partial charge in [-0.3, -0.25) is 4.84 Å². The third-order valence-corrected chi connectivity index (χ3v) is 2.44. The van der Waals surface area contributed by atoms with Crippen LogP contribution in [0.3, 0.4) is 0 Å². The normalized spacial score (nSPS) is 18.0. The molecule has 1 aromatic rings. The molecule has 0 saturated heterocycles. The largest absolute Gasteiger partial charge is 0.295 e. The summed E-state index contributed by atoms with van der Waals surface area (Å²) in [5, 5.41) is 1.87. The first-order valence-electron chi connectivity index (χ1n) is 4.86. The zero-order valence-electron chi connectivity index (χ0n) is 8.66. The molecule has 0 amide bonds. The van der Waals surface area contributed by atoms with Gasteiger partial charge in [0.15, 0.2) is 0 Å². The minimum Gasteiger partial charge on any atom is -0.295 e. The Labute approximate surface area is 84.8 Å². The smallest absolute Gasteiger partial charge is 0.0873 e. The lowest BCUT2D eigenvalue weighted by Gasteiger charge is -2.22. The molecular formula is C12H15NO. The van der Waals surface area contributed by atoms with Crippen molar-refractivity contribution >= 4 is 5.57 Å². The van der Waals surface area contributed by atoms with E-state index in [-0.39, 0.29) is 0 Å². The van der Waals surface area contributed by atoms with Crippen LogP contribution < -0.4 is 0 Å². The van der Waals surface area contributed by atoms with Crippen molar-refractivity contribution in [2.75, 3.05) is 20.2 Å². The van der Waals surface area contributed by atoms with Crippen molar-refractivity contribution in [3.8, 4) is 0 Å². The fourth-order valence-electron chi connectivity index (χ4n) is 1.59. The van der Waals surface area contributed by atoms with E-state index in [1.807, 2.05) is 12.1 Å². The molecule has 2 heteroatoms. The first-order chi connectivity index (χ1) is 6.75. The third-order valence-electron chi connectivity index (χ3n) is 2.44. The molecule has 0 aliphatic carbocycles. The van der Waals surface area contributed by atoms with Crippen molar-refractivity contribution in [1.29, 1.82) is 0 Å². The van der Waals surface area contributed by atoms with E-state index >= 15 is 0 Å². The first kappa shape index (κ1) is 9.44. The Hall–Kier alpha value is -1.12. The van der Waals surface area contributed by atoms with E-state index in [9.17, 15) is 0 Å². The van der Waals surface area contributed by atoms with Crippen molar-refractivity contribution in [1.82, 2.24) is 5.06 Å². The quantitative estimate of drug-likeness (QED) is 0.672. The molecule has 74 valence electrons. The van der Waals surface area contributed by atoms with Crippen molar-refractivity contribution < 1.29 is 4.84 Å². The number of hydroxylamine groups is 2. The Bertz CT molecular complexity index is 340. The highest BCUT2D eigenvalue weighted by atomic mass is 16.7. The fraction of sp³-hybridized carbons (Fsp3) is 0.333. The molecule has 0 fully saturated rings. The molecule has 1 aliphatic heterocycles. The van der Waals surface area contributed by atoms with Crippen molar-refractivity contribution in [3.63, 3.8) is 0 Å². The molecule has 2 rings (SSSR count). The molecule has 2 nitrogen and oxygen atoms in total. The Morgan fingerprint density at radius 2 is 1.93 bits per heavy atom. The molecule has 0 N–H and O–H groups in total. The zero-order valence-corrected chi connectivity index (χ0v) is 8.66. The summed E-state index contributed by atoms with van der Waals surface area (Å²) in [5.41, 5.74) is 3.94. The second-order valence-electron chi connectivity index (χ2n) is 3.68. The molecule has 0 radical (unpaired) electrons. The summed E-state index contributed by atoms with van der Waals surface area (Å²) in [6, 6.07) is 8.62. The fourth-order valence-corrected chi connectivity index (χ4v) is 1.59. The van der Waals surface area contributed by atoms with Crippen LogP contribution in [0.15, 0.2) is 30.3 Å². The first-order valence-corrected chi connectivity index (χ1v) is 4.86. The van der Waals surface area contributed by atoms with Gasteiger partial charge in [-0.25, -0.2) is 0 Å². The molecule has 0 bridgehead atoms. The number of hydrogen-bond acceptors (Lipinski definition) is 2. The van der Waals surface area contributed by atoms with Gasteiger partial charge >= 0.3 is 0 Å². The number of likely N-dealkylation sites (N-methyl/N-ethyl adjacent to an activating group) is 1. The van der Waals surface area contributed by atoms with Gasteiger partial charge in [0.25, 0.3) is 0 Å². The van der Waals surface area contributed by atoms with Crippen molar-refractivity contribution in [2.45, 2.75) is 6.92 Å². The van der Waals surface area contributed by atoms with Crippen LogP contribution in [0.25, 0.3) is 5.57 Å². The molecule has 0 spiro atoms. The second-order valence-corrected chi connectivity index (χ2v) is 3.68. The molecule has 1 aromatic carbocycles. The Balaban J connectivity index is 2.22. The highest BCUT2D eigenvalue weighted by Gasteiger charge is 2.10. The lowest BCUT2D eigenvalue weighted by atomic mass is 10.0. The molecule has 14 heavy (non-hydrogen) atoms. The van der Waals surface area contributed by atoms with E-state index in [1.165, 1.54) is 16.7 Å². The van der Waals surface area contributed by atoms with Crippen LogP contribution in [0, 0.1) is 6.92 Å². The predicted molar refractivity (Wildman–Crippen MR) is 57.7 cm³/mol. The van der Waals surface area contributed by atoms with E-state index in [2.05, 4.69) is 37.3 Å². The van der Waals surface area contributed by atoms with Crippen LogP contribution in [0.2, 0.25) is 0 Å². The average molecular weight is 189 g/mol. The zero-order chi connectivity index (χ0) is 9.97. The van der Waals surface area contributed by atoms with Gasteiger partial charge in [-0.1, -0.05) is 35.9 Å². The van der Waals surface area contributed by atoms with E-state index in [0.29, 0.717) is 6.61 Å². The van der Waals surface area contributed by atoms with Gasteiger partial charge in [0.1, 0.15) is 0 Å². The van der Waals surface area contributed by atoms with Crippen LogP contribution >= 0.6 is 0 Å².